The van der Waals surface area contributed by atoms with Crippen molar-refractivity contribution in [1.82, 2.24) is 0 Å². The zero-order valence-electron chi connectivity index (χ0n) is 10.1. The quantitative estimate of drug-likeness (QED) is 0.284. The van der Waals surface area contributed by atoms with Crippen molar-refractivity contribution in [2.45, 2.75) is 12.8 Å². The number of carbonyl (C=O) groups is 2. The molecule has 17 heavy (non-hydrogen) atoms. The fraction of sp³-hybridized carbons (Fsp3) is 0.750. The van der Waals surface area contributed by atoms with E-state index in [1.165, 1.54) is 0 Å². The number of aliphatic carboxylic acids is 2. The number of carboxylic acids is 2. The van der Waals surface area contributed by atoms with Crippen LogP contribution in [0.2, 0.25) is 0 Å². The Morgan fingerprint density at radius 3 is 1.53 bits per heavy atom. The summed E-state index contributed by atoms with van der Waals surface area (Å²) in [5.74, 6) is -0.793. The summed E-state index contributed by atoms with van der Waals surface area (Å²) in [6.45, 7) is 0. The minimum absolute atomic E-state index is 0. The number of carbonyl (C=O) groups excluding carboxylic acids is 2. The van der Waals surface area contributed by atoms with E-state index in [9.17, 15) is 19.8 Å². The largest absolute Gasteiger partial charge is 1.00 e. The van der Waals surface area contributed by atoms with Crippen LogP contribution in [0.1, 0.15) is 12.8 Å². The van der Waals surface area contributed by atoms with Gasteiger partial charge < -0.3 is 0 Å². The molecule has 0 rings (SSSR count). The molecule has 88 valence electrons. The molecule has 0 bridgehead atoms. The zero-order chi connectivity index (χ0) is 11.5. The van der Waals surface area contributed by atoms with Gasteiger partial charge in [-0.3, -0.25) is 0 Å². The standard InChI is InChI=1S/C8H14O4S2Se.2Na/c9-7(10)1-3-13-5-15-6-14-4-2-8(11)12;;/h1-6H2,(H,9,10)(H,11,12);;/q;2*+1/p-2. The summed E-state index contributed by atoms with van der Waals surface area (Å²) in [6.07, 6.45) is 0.219. The molecule has 0 heterocycles. The summed E-state index contributed by atoms with van der Waals surface area (Å²) in [6, 6.07) is 0. The molecule has 9 heteroatoms. The third kappa shape index (κ3) is 23.7. The molecule has 0 unspecified atom stereocenters. The van der Waals surface area contributed by atoms with E-state index in [1.54, 1.807) is 23.5 Å². The molecule has 0 fully saturated rings. The fourth-order valence-corrected chi connectivity index (χ4v) is 6.20. The molecular weight excluding hydrogens is 349 g/mol. The second-order valence-electron chi connectivity index (χ2n) is 2.50. The molecule has 0 aromatic rings. The van der Waals surface area contributed by atoms with Crippen molar-refractivity contribution < 1.29 is 78.9 Å². The van der Waals surface area contributed by atoms with E-state index in [0.717, 1.165) is 9.30 Å². The molecule has 0 atom stereocenters. The van der Waals surface area contributed by atoms with E-state index in [0.29, 0.717) is 26.5 Å². The molecule has 0 radical (unpaired) electrons. The summed E-state index contributed by atoms with van der Waals surface area (Å²) < 4.78 is 1.94. The van der Waals surface area contributed by atoms with Crippen LogP contribution in [0.25, 0.3) is 0 Å². The third-order valence-corrected chi connectivity index (χ3v) is 7.08. The summed E-state index contributed by atoms with van der Waals surface area (Å²) in [5, 5.41) is 20.1. The first kappa shape index (κ1) is 24.2. The Kier molecular flexibility index (Phi) is 25.8. The predicted molar refractivity (Wildman–Crippen MR) is 59.7 cm³/mol. The first-order valence-electron chi connectivity index (χ1n) is 4.26. The maximum absolute atomic E-state index is 10.1. The minimum Gasteiger partial charge on any atom is 1.00 e. The minimum atomic E-state index is -1.00. The number of hydrogen-bond donors (Lipinski definition) is 0. The topological polar surface area (TPSA) is 80.3 Å². The van der Waals surface area contributed by atoms with Crippen LogP contribution >= 0.6 is 23.5 Å². The Morgan fingerprint density at radius 1 is 0.882 bits per heavy atom. The molecule has 0 N–H and O–H groups in total. The molecular formula is C8H12Na2O4S2Se. The van der Waals surface area contributed by atoms with Crippen molar-refractivity contribution >= 4 is 50.4 Å². The number of rotatable bonds is 10. The number of hydrogen-bond acceptors (Lipinski definition) is 6. The van der Waals surface area contributed by atoms with Crippen LogP contribution in [0.3, 0.4) is 0 Å². The smallest absolute Gasteiger partial charge is 1.00 e. The third-order valence-electron chi connectivity index (χ3n) is 1.23. The Bertz CT molecular complexity index is 190. The van der Waals surface area contributed by atoms with E-state index in [4.69, 9.17) is 0 Å². The van der Waals surface area contributed by atoms with Crippen molar-refractivity contribution in [1.29, 1.82) is 0 Å². The Labute approximate surface area is 161 Å². The fourth-order valence-electron chi connectivity index (χ4n) is 0.581. The van der Waals surface area contributed by atoms with Gasteiger partial charge in [0.2, 0.25) is 0 Å². The zero-order valence-corrected chi connectivity index (χ0v) is 17.4. The normalized spacial score (nSPS) is 8.94. The summed E-state index contributed by atoms with van der Waals surface area (Å²) in [5.41, 5.74) is 0. The van der Waals surface area contributed by atoms with Gasteiger partial charge >= 0.3 is 163 Å². The SMILES string of the molecule is O=C([O-])CCSC[Se]CSCCC(=O)[O-].[Na+].[Na+]. The van der Waals surface area contributed by atoms with Crippen LogP contribution < -0.4 is 69.3 Å². The molecule has 0 aliphatic rings. The van der Waals surface area contributed by atoms with E-state index < -0.39 is 11.9 Å². The van der Waals surface area contributed by atoms with Crippen molar-refractivity contribution in [2.24, 2.45) is 0 Å². The van der Waals surface area contributed by atoms with Gasteiger partial charge in [-0.2, -0.15) is 0 Å². The Balaban J connectivity index is -0.000000980. The average molecular weight is 361 g/mol. The van der Waals surface area contributed by atoms with Gasteiger partial charge in [0.05, 0.1) is 0 Å². The van der Waals surface area contributed by atoms with Crippen molar-refractivity contribution in [2.75, 3.05) is 20.8 Å². The average Bonchev–Trinajstić information content (AvgIpc) is 2.14. The van der Waals surface area contributed by atoms with E-state index in [1.807, 2.05) is 0 Å². The molecule has 0 spiro atoms. The van der Waals surface area contributed by atoms with E-state index in [2.05, 4.69) is 0 Å². The van der Waals surface area contributed by atoms with Crippen LogP contribution in [-0.2, 0) is 9.59 Å². The Morgan fingerprint density at radius 2 is 1.24 bits per heavy atom. The van der Waals surface area contributed by atoms with Crippen LogP contribution in [0, 0.1) is 0 Å². The van der Waals surface area contributed by atoms with Crippen molar-refractivity contribution in [3.05, 3.63) is 0 Å². The van der Waals surface area contributed by atoms with Gasteiger partial charge in [0.15, 0.2) is 0 Å². The van der Waals surface area contributed by atoms with E-state index >= 15 is 0 Å². The van der Waals surface area contributed by atoms with E-state index in [-0.39, 0.29) is 72.0 Å². The van der Waals surface area contributed by atoms with Gasteiger partial charge in [0, 0.05) is 0 Å². The summed E-state index contributed by atoms with van der Waals surface area (Å²) in [4.78, 5) is 20.1. The van der Waals surface area contributed by atoms with Gasteiger partial charge in [-0.05, 0) is 0 Å². The maximum atomic E-state index is 10.1. The Hall–Kier alpha value is 2.16. The van der Waals surface area contributed by atoms with Crippen LogP contribution in [0.15, 0.2) is 0 Å². The van der Waals surface area contributed by atoms with Crippen molar-refractivity contribution in [3.8, 4) is 0 Å². The van der Waals surface area contributed by atoms with Gasteiger partial charge in [-0.1, -0.05) is 0 Å². The van der Waals surface area contributed by atoms with Gasteiger partial charge in [-0.25, -0.2) is 0 Å². The first-order chi connectivity index (χ1) is 7.13. The molecule has 0 amide bonds. The van der Waals surface area contributed by atoms with Crippen molar-refractivity contribution in [3.63, 3.8) is 0 Å². The van der Waals surface area contributed by atoms with Crippen LogP contribution in [0.4, 0.5) is 0 Å². The summed E-state index contributed by atoms with van der Waals surface area (Å²) >= 11 is 3.67. The molecule has 0 aliphatic heterocycles. The monoisotopic (exact) mass is 362 g/mol. The predicted octanol–water partition coefficient (Wildman–Crippen LogP) is -7.64. The maximum Gasteiger partial charge on any atom is 1.00 e. The second kappa shape index (κ2) is 18.2. The van der Waals surface area contributed by atoms with Crippen LogP contribution in [-0.4, -0.2) is 47.7 Å². The second-order valence-corrected chi connectivity index (χ2v) is 8.43. The number of carboxylic acid groups (broad SMARTS) is 2. The molecule has 0 saturated heterocycles. The summed E-state index contributed by atoms with van der Waals surface area (Å²) in [7, 11) is 0. The number of thioether (sulfide) groups is 2. The van der Waals surface area contributed by atoms with Gasteiger partial charge in [0.1, 0.15) is 0 Å². The molecule has 4 nitrogen and oxygen atoms in total. The van der Waals surface area contributed by atoms with Gasteiger partial charge in [0.25, 0.3) is 0 Å². The van der Waals surface area contributed by atoms with Crippen LogP contribution in [0.5, 0.6) is 0 Å². The van der Waals surface area contributed by atoms with Gasteiger partial charge in [-0.15, -0.1) is 0 Å². The molecule has 0 aromatic heterocycles. The first-order valence-corrected chi connectivity index (χ1v) is 8.99. The molecule has 0 aromatic carbocycles. The molecule has 0 saturated carbocycles. The molecule has 0 aliphatic carbocycles.